The fraction of sp³-hybridized carbons (Fsp3) is 0.333. The highest BCUT2D eigenvalue weighted by atomic mass is 16.2. The first-order chi connectivity index (χ1) is 12.1. The molecule has 1 atom stereocenters. The number of anilines is 1. The lowest BCUT2D eigenvalue weighted by atomic mass is 10.0. The van der Waals surface area contributed by atoms with Crippen LogP contribution in [-0.4, -0.2) is 34.6 Å². The van der Waals surface area contributed by atoms with Crippen molar-refractivity contribution in [3.63, 3.8) is 0 Å². The summed E-state index contributed by atoms with van der Waals surface area (Å²) in [5, 5.41) is 11.8. The number of nitriles is 1. The van der Waals surface area contributed by atoms with E-state index in [1.54, 1.807) is 43.7 Å². The molecule has 0 radical (unpaired) electrons. The Morgan fingerprint density at radius 2 is 2.12 bits per heavy atom. The van der Waals surface area contributed by atoms with Crippen LogP contribution in [0.25, 0.3) is 0 Å². The largest absolute Gasteiger partial charge is 0.350 e. The predicted octanol–water partition coefficient (Wildman–Crippen LogP) is 1.05. The van der Waals surface area contributed by atoms with Gasteiger partial charge >= 0.3 is 0 Å². The smallest absolute Gasteiger partial charge is 0.293 e. The van der Waals surface area contributed by atoms with E-state index in [1.807, 2.05) is 11.0 Å². The Labute approximate surface area is 145 Å². The van der Waals surface area contributed by atoms with Crippen molar-refractivity contribution in [2.45, 2.75) is 18.9 Å². The molecule has 25 heavy (non-hydrogen) atoms. The molecule has 1 amide bonds. The normalized spacial score (nSPS) is 17.0. The van der Waals surface area contributed by atoms with Crippen LogP contribution < -0.4 is 15.8 Å². The number of hydrogen-bond donors (Lipinski definition) is 1. The Kier molecular flexibility index (Phi) is 4.80. The molecule has 7 nitrogen and oxygen atoms in total. The van der Waals surface area contributed by atoms with Crippen LogP contribution in [-0.2, 0) is 7.05 Å². The van der Waals surface area contributed by atoms with Gasteiger partial charge in [-0.3, -0.25) is 9.59 Å². The van der Waals surface area contributed by atoms with Crippen LogP contribution in [0.1, 0.15) is 28.8 Å². The van der Waals surface area contributed by atoms with Gasteiger partial charge in [0.25, 0.3) is 11.5 Å². The lowest BCUT2D eigenvalue weighted by Gasteiger charge is -2.33. The highest BCUT2D eigenvalue weighted by Crippen LogP contribution is 2.15. The Morgan fingerprint density at radius 1 is 1.36 bits per heavy atom. The summed E-state index contributed by atoms with van der Waals surface area (Å²) >= 11 is 0. The van der Waals surface area contributed by atoms with Gasteiger partial charge in [0, 0.05) is 44.1 Å². The van der Waals surface area contributed by atoms with Gasteiger partial charge in [-0.05, 0) is 37.1 Å². The van der Waals surface area contributed by atoms with Crippen LogP contribution in [0.15, 0.2) is 41.5 Å². The van der Waals surface area contributed by atoms with Gasteiger partial charge in [0.15, 0.2) is 5.82 Å². The molecule has 3 rings (SSSR count). The first-order valence-electron chi connectivity index (χ1n) is 8.16. The molecule has 0 saturated carbocycles. The number of rotatable bonds is 3. The third-order valence-corrected chi connectivity index (χ3v) is 4.33. The van der Waals surface area contributed by atoms with E-state index in [-0.39, 0.29) is 17.5 Å². The lowest BCUT2D eigenvalue weighted by Crippen LogP contribution is -2.49. The van der Waals surface area contributed by atoms with Crippen molar-refractivity contribution in [2.24, 2.45) is 7.05 Å². The SMILES string of the molecule is Cn1ccnc(N2CCCC(NC(=O)c3ccc(C#N)cc3)C2)c1=O. The molecule has 1 N–H and O–H groups in total. The number of piperidine rings is 1. The van der Waals surface area contributed by atoms with Crippen molar-refractivity contribution < 1.29 is 4.79 Å². The molecule has 2 aromatic rings. The van der Waals surface area contributed by atoms with Crippen molar-refractivity contribution in [3.05, 3.63) is 58.1 Å². The summed E-state index contributed by atoms with van der Waals surface area (Å²) in [7, 11) is 1.70. The third kappa shape index (κ3) is 3.69. The molecular formula is C18H19N5O2. The summed E-state index contributed by atoms with van der Waals surface area (Å²) in [6.45, 7) is 1.30. The Bertz CT molecular complexity index is 866. The molecule has 1 aliphatic rings. The van der Waals surface area contributed by atoms with E-state index in [9.17, 15) is 9.59 Å². The molecule has 1 fully saturated rings. The Hall–Kier alpha value is -3.14. The summed E-state index contributed by atoms with van der Waals surface area (Å²) in [6, 6.07) is 8.51. The topological polar surface area (TPSA) is 91.0 Å². The summed E-state index contributed by atoms with van der Waals surface area (Å²) in [6.07, 6.45) is 4.96. The van der Waals surface area contributed by atoms with E-state index in [0.717, 1.165) is 19.4 Å². The van der Waals surface area contributed by atoms with E-state index in [4.69, 9.17) is 5.26 Å². The van der Waals surface area contributed by atoms with Gasteiger partial charge in [-0.15, -0.1) is 0 Å². The quantitative estimate of drug-likeness (QED) is 0.904. The van der Waals surface area contributed by atoms with Crippen LogP contribution in [0.5, 0.6) is 0 Å². The number of aromatic nitrogens is 2. The van der Waals surface area contributed by atoms with Crippen LogP contribution in [0.4, 0.5) is 5.82 Å². The van der Waals surface area contributed by atoms with Gasteiger partial charge in [-0.25, -0.2) is 4.98 Å². The fourth-order valence-electron chi connectivity index (χ4n) is 2.95. The van der Waals surface area contributed by atoms with E-state index in [2.05, 4.69) is 10.3 Å². The fourth-order valence-corrected chi connectivity index (χ4v) is 2.95. The van der Waals surface area contributed by atoms with Crippen molar-refractivity contribution in [2.75, 3.05) is 18.0 Å². The van der Waals surface area contributed by atoms with E-state index >= 15 is 0 Å². The number of amides is 1. The number of hydrogen-bond acceptors (Lipinski definition) is 5. The van der Waals surface area contributed by atoms with Gasteiger partial charge in [0.1, 0.15) is 0 Å². The number of benzene rings is 1. The van der Waals surface area contributed by atoms with E-state index in [0.29, 0.717) is 23.5 Å². The van der Waals surface area contributed by atoms with Crippen LogP contribution in [0, 0.1) is 11.3 Å². The molecule has 1 aromatic carbocycles. The maximum atomic E-state index is 12.4. The molecule has 1 saturated heterocycles. The van der Waals surface area contributed by atoms with Gasteiger partial charge in [-0.1, -0.05) is 0 Å². The second-order valence-corrected chi connectivity index (χ2v) is 6.11. The first kappa shape index (κ1) is 16.7. The van der Waals surface area contributed by atoms with Crippen molar-refractivity contribution in [1.29, 1.82) is 5.26 Å². The Balaban J connectivity index is 1.69. The number of nitrogens with zero attached hydrogens (tertiary/aromatic N) is 4. The minimum atomic E-state index is -0.176. The molecule has 0 aliphatic carbocycles. The summed E-state index contributed by atoms with van der Waals surface area (Å²) in [5.74, 6) is 0.243. The average molecular weight is 337 g/mol. The zero-order valence-electron chi connectivity index (χ0n) is 14.0. The van der Waals surface area contributed by atoms with Gasteiger partial charge in [0.05, 0.1) is 11.6 Å². The molecule has 2 heterocycles. The van der Waals surface area contributed by atoms with Crippen molar-refractivity contribution in [1.82, 2.24) is 14.9 Å². The standard InChI is InChI=1S/C18H19N5O2/c1-22-10-8-20-16(18(22)25)23-9-2-3-15(12-23)21-17(24)14-6-4-13(11-19)5-7-14/h4-8,10,15H,2-3,9,12H2,1H3,(H,21,24). The second-order valence-electron chi connectivity index (χ2n) is 6.11. The van der Waals surface area contributed by atoms with Crippen molar-refractivity contribution >= 4 is 11.7 Å². The van der Waals surface area contributed by atoms with Gasteiger partial charge in [-0.2, -0.15) is 5.26 Å². The third-order valence-electron chi connectivity index (χ3n) is 4.33. The molecule has 128 valence electrons. The minimum Gasteiger partial charge on any atom is -0.350 e. The number of carbonyl (C=O) groups excluding carboxylic acids is 1. The van der Waals surface area contributed by atoms with Crippen LogP contribution in [0.3, 0.4) is 0 Å². The molecular weight excluding hydrogens is 318 g/mol. The molecule has 1 aliphatic heterocycles. The maximum absolute atomic E-state index is 12.4. The number of aryl methyl sites for hydroxylation is 1. The molecule has 0 bridgehead atoms. The van der Waals surface area contributed by atoms with Crippen molar-refractivity contribution in [3.8, 4) is 6.07 Å². The minimum absolute atomic E-state index is 0.0522. The highest BCUT2D eigenvalue weighted by molar-refractivity contribution is 5.94. The number of carbonyl (C=O) groups is 1. The Morgan fingerprint density at radius 3 is 2.84 bits per heavy atom. The zero-order valence-corrected chi connectivity index (χ0v) is 14.0. The van der Waals surface area contributed by atoms with E-state index < -0.39 is 0 Å². The predicted molar refractivity (Wildman–Crippen MR) is 93.3 cm³/mol. The van der Waals surface area contributed by atoms with Crippen LogP contribution >= 0.6 is 0 Å². The molecule has 1 unspecified atom stereocenters. The monoisotopic (exact) mass is 337 g/mol. The second kappa shape index (κ2) is 7.18. The highest BCUT2D eigenvalue weighted by Gasteiger charge is 2.24. The zero-order chi connectivity index (χ0) is 17.8. The van der Waals surface area contributed by atoms with Crippen LogP contribution in [0.2, 0.25) is 0 Å². The van der Waals surface area contributed by atoms with Gasteiger partial charge < -0.3 is 14.8 Å². The van der Waals surface area contributed by atoms with E-state index in [1.165, 1.54) is 4.57 Å². The van der Waals surface area contributed by atoms with Gasteiger partial charge in [0.2, 0.25) is 0 Å². The summed E-state index contributed by atoms with van der Waals surface area (Å²) in [5.41, 5.74) is 0.901. The summed E-state index contributed by atoms with van der Waals surface area (Å²) in [4.78, 5) is 30.7. The molecule has 0 spiro atoms. The lowest BCUT2D eigenvalue weighted by molar-refractivity contribution is 0.0933. The number of nitrogens with one attached hydrogen (secondary N) is 1. The first-order valence-corrected chi connectivity index (χ1v) is 8.16. The molecule has 1 aromatic heterocycles. The summed E-state index contributed by atoms with van der Waals surface area (Å²) < 4.78 is 1.50. The maximum Gasteiger partial charge on any atom is 0.293 e. The molecule has 7 heteroatoms. The average Bonchev–Trinajstić information content (AvgIpc) is 2.64.